The molecule has 0 bridgehead atoms. The minimum absolute atomic E-state index is 0.0830. The zero-order valence-corrected chi connectivity index (χ0v) is 12.0. The smallest absolute Gasteiger partial charge is 0.161 e. The summed E-state index contributed by atoms with van der Waals surface area (Å²) in [5.41, 5.74) is 0.996. The van der Waals surface area contributed by atoms with Gasteiger partial charge in [-0.05, 0) is 49.8 Å². The molecule has 108 valence electrons. The highest BCUT2D eigenvalue weighted by molar-refractivity contribution is 5.45. The first-order chi connectivity index (χ1) is 9.78. The molecule has 1 aliphatic carbocycles. The van der Waals surface area contributed by atoms with E-state index in [9.17, 15) is 0 Å². The van der Waals surface area contributed by atoms with Crippen LogP contribution in [-0.2, 0) is 0 Å². The Bertz CT molecular complexity index is 470. The largest absolute Gasteiger partial charge is 0.493 e. The third-order valence-corrected chi connectivity index (χ3v) is 3.80. The topological polar surface area (TPSA) is 38.7 Å². The Morgan fingerprint density at radius 2 is 2.10 bits per heavy atom. The average molecular weight is 274 g/mol. The Morgan fingerprint density at radius 1 is 1.35 bits per heavy atom. The summed E-state index contributed by atoms with van der Waals surface area (Å²) in [4.78, 5) is 0. The SMILES string of the molecule is C#CC(CCO)c1ccc(OC)c(OC2CCCC2)c1. The van der Waals surface area contributed by atoms with Gasteiger partial charge < -0.3 is 14.6 Å². The van der Waals surface area contributed by atoms with Crippen molar-refractivity contribution in [1.29, 1.82) is 0 Å². The lowest BCUT2D eigenvalue weighted by molar-refractivity contribution is 0.200. The quantitative estimate of drug-likeness (QED) is 0.810. The van der Waals surface area contributed by atoms with Crippen molar-refractivity contribution in [3.8, 4) is 23.8 Å². The van der Waals surface area contributed by atoms with Gasteiger partial charge in [-0.1, -0.05) is 12.0 Å². The molecule has 0 aromatic heterocycles. The molecule has 0 saturated heterocycles. The zero-order chi connectivity index (χ0) is 14.4. The fourth-order valence-electron chi connectivity index (χ4n) is 2.66. The zero-order valence-electron chi connectivity index (χ0n) is 12.0. The van der Waals surface area contributed by atoms with Crippen molar-refractivity contribution in [2.24, 2.45) is 0 Å². The number of aliphatic hydroxyl groups is 1. The van der Waals surface area contributed by atoms with E-state index in [-0.39, 0.29) is 18.6 Å². The number of methoxy groups -OCH3 is 1. The first-order valence-electron chi connectivity index (χ1n) is 7.20. The van der Waals surface area contributed by atoms with Crippen molar-refractivity contribution >= 4 is 0 Å². The Morgan fingerprint density at radius 3 is 2.70 bits per heavy atom. The van der Waals surface area contributed by atoms with E-state index in [1.165, 1.54) is 12.8 Å². The third kappa shape index (κ3) is 3.46. The van der Waals surface area contributed by atoms with Gasteiger partial charge in [-0.15, -0.1) is 6.42 Å². The summed E-state index contributed by atoms with van der Waals surface area (Å²) >= 11 is 0. The van der Waals surface area contributed by atoms with E-state index in [0.29, 0.717) is 6.42 Å². The van der Waals surface area contributed by atoms with Crippen LogP contribution in [-0.4, -0.2) is 24.9 Å². The lowest BCUT2D eigenvalue weighted by Gasteiger charge is -2.18. The molecule has 3 heteroatoms. The van der Waals surface area contributed by atoms with Gasteiger partial charge in [0.15, 0.2) is 11.5 Å². The summed E-state index contributed by atoms with van der Waals surface area (Å²) in [5.74, 6) is 4.13. The number of aliphatic hydroxyl groups excluding tert-OH is 1. The summed E-state index contributed by atoms with van der Waals surface area (Å²) in [6, 6.07) is 5.79. The second kappa shape index (κ2) is 7.21. The first kappa shape index (κ1) is 14.7. The van der Waals surface area contributed by atoms with Gasteiger partial charge in [0.1, 0.15) is 0 Å². The number of benzene rings is 1. The Balaban J connectivity index is 2.21. The molecule has 1 unspecified atom stereocenters. The Labute approximate surface area is 120 Å². The van der Waals surface area contributed by atoms with E-state index in [0.717, 1.165) is 29.9 Å². The van der Waals surface area contributed by atoms with Gasteiger partial charge in [-0.3, -0.25) is 0 Å². The van der Waals surface area contributed by atoms with E-state index in [2.05, 4.69) is 5.92 Å². The second-order valence-electron chi connectivity index (χ2n) is 5.17. The standard InChI is InChI=1S/C17H22O3/c1-3-13(10-11-18)14-8-9-16(19-2)17(12-14)20-15-6-4-5-7-15/h1,8-9,12-13,15,18H,4-7,10-11H2,2H3. The van der Waals surface area contributed by atoms with E-state index < -0.39 is 0 Å². The number of rotatable bonds is 6. The molecule has 1 fully saturated rings. The summed E-state index contributed by atoms with van der Waals surface area (Å²) in [6.07, 6.45) is 11.0. The molecule has 0 heterocycles. The second-order valence-corrected chi connectivity index (χ2v) is 5.17. The Kier molecular flexibility index (Phi) is 5.31. The van der Waals surface area contributed by atoms with E-state index in [4.69, 9.17) is 21.0 Å². The molecular weight excluding hydrogens is 252 g/mol. The van der Waals surface area contributed by atoms with Crippen molar-refractivity contribution < 1.29 is 14.6 Å². The van der Waals surface area contributed by atoms with Crippen LogP contribution in [0.2, 0.25) is 0 Å². The van der Waals surface area contributed by atoms with Crippen molar-refractivity contribution in [3.63, 3.8) is 0 Å². The highest BCUT2D eigenvalue weighted by atomic mass is 16.5. The van der Waals surface area contributed by atoms with Crippen molar-refractivity contribution in [1.82, 2.24) is 0 Å². The fraction of sp³-hybridized carbons (Fsp3) is 0.529. The maximum Gasteiger partial charge on any atom is 0.161 e. The van der Waals surface area contributed by atoms with Crippen LogP contribution >= 0.6 is 0 Å². The predicted molar refractivity (Wildman–Crippen MR) is 79.2 cm³/mol. The van der Waals surface area contributed by atoms with Crippen LogP contribution in [0.4, 0.5) is 0 Å². The molecule has 1 saturated carbocycles. The minimum Gasteiger partial charge on any atom is -0.493 e. The van der Waals surface area contributed by atoms with Gasteiger partial charge in [-0.25, -0.2) is 0 Å². The Hall–Kier alpha value is -1.66. The highest BCUT2D eigenvalue weighted by Gasteiger charge is 2.19. The molecule has 1 atom stereocenters. The van der Waals surface area contributed by atoms with Crippen LogP contribution in [0.3, 0.4) is 0 Å². The maximum absolute atomic E-state index is 9.08. The molecule has 0 radical (unpaired) electrons. The number of terminal acetylenes is 1. The summed E-state index contributed by atoms with van der Waals surface area (Å²) in [6.45, 7) is 0.0830. The van der Waals surface area contributed by atoms with Crippen LogP contribution < -0.4 is 9.47 Å². The molecule has 0 amide bonds. The van der Waals surface area contributed by atoms with E-state index >= 15 is 0 Å². The lowest BCUT2D eigenvalue weighted by Crippen LogP contribution is -2.12. The molecule has 3 nitrogen and oxygen atoms in total. The molecule has 20 heavy (non-hydrogen) atoms. The molecule has 1 N–H and O–H groups in total. The molecule has 1 aromatic carbocycles. The number of hydrogen-bond acceptors (Lipinski definition) is 3. The fourth-order valence-corrected chi connectivity index (χ4v) is 2.66. The normalized spacial score (nSPS) is 16.6. The summed E-state index contributed by atoms with van der Waals surface area (Å²) in [5, 5.41) is 9.08. The van der Waals surface area contributed by atoms with E-state index in [1.54, 1.807) is 7.11 Å². The molecule has 0 aliphatic heterocycles. The van der Waals surface area contributed by atoms with Gasteiger partial charge >= 0.3 is 0 Å². The molecular formula is C17H22O3. The monoisotopic (exact) mass is 274 g/mol. The lowest BCUT2D eigenvalue weighted by atomic mass is 9.96. The number of hydrogen-bond donors (Lipinski definition) is 1. The first-order valence-corrected chi connectivity index (χ1v) is 7.20. The van der Waals surface area contributed by atoms with Crippen LogP contribution in [0, 0.1) is 12.3 Å². The summed E-state index contributed by atoms with van der Waals surface area (Å²) in [7, 11) is 1.64. The van der Waals surface area contributed by atoms with Gasteiger partial charge in [0.25, 0.3) is 0 Å². The molecule has 2 rings (SSSR count). The van der Waals surface area contributed by atoms with Crippen LogP contribution in [0.1, 0.15) is 43.6 Å². The van der Waals surface area contributed by atoms with Gasteiger partial charge in [0, 0.05) is 12.5 Å². The molecule has 1 aliphatic rings. The van der Waals surface area contributed by atoms with Crippen molar-refractivity contribution in [2.75, 3.05) is 13.7 Å². The van der Waals surface area contributed by atoms with Crippen LogP contribution in [0.5, 0.6) is 11.5 Å². The molecule has 0 spiro atoms. The van der Waals surface area contributed by atoms with Gasteiger partial charge in [0.05, 0.1) is 13.2 Å². The molecule has 1 aromatic rings. The minimum atomic E-state index is -0.0863. The predicted octanol–water partition coefficient (Wildman–Crippen LogP) is 3.12. The van der Waals surface area contributed by atoms with Crippen LogP contribution in [0.25, 0.3) is 0 Å². The van der Waals surface area contributed by atoms with Crippen LogP contribution in [0.15, 0.2) is 18.2 Å². The average Bonchev–Trinajstić information content (AvgIpc) is 2.97. The highest BCUT2D eigenvalue weighted by Crippen LogP contribution is 2.34. The van der Waals surface area contributed by atoms with Gasteiger partial charge in [-0.2, -0.15) is 0 Å². The summed E-state index contributed by atoms with van der Waals surface area (Å²) < 4.78 is 11.4. The van der Waals surface area contributed by atoms with Crippen molar-refractivity contribution in [3.05, 3.63) is 23.8 Å². The third-order valence-electron chi connectivity index (χ3n) is 3.80. The maximum atomic E-state index is 9.08. The van der Waals surface area contributed by atoms with Gasteiger partial charge in [0.2, 0.25) is 0 Å². The van der Waals surface area contributed by atoms with Crippen molar-refractivity contribution in [2.45, 2.75) is 44.1 Å². The number of ether oxygens (including phenoxy) is 2. The van der Waals surface area contributed by atoms with E-state index in [1.807, 2.05) is 18.2 Å².